The molecule has 4 aromatic rings. The summed E-state index contributed by atoms with van der Waals surface area (Å²) < 4.78 is 11.4. The lowest BCUT2D eigenvalue weighted by molar-refractivity contribution is 0.0528. The van der Waals surface area contributed by atoms with Gasteiger partial charge in [-0.3, -0.25) is 0 Å². The van der Waals surface area contributed by atoms with Gasteiger partial charge < -0.3 is 19.8 Å². The molecule has 0 bridgehead atoms. The van der Waals surface area contributed by atoms with E-state index in [0.717, 1.165) is 27.8 Å². The number of hydrogen-bond donors (Lipinski definition) is 2. The van der Waals surface area contributed by atoms with Gasteiger partial charge in [0, 0.05) is 23.6 Å². The van der Waals surface area contributed by atoms with Crippen LogP contribution in [0, 0.1) is 0 Å². The maximum absolute atomic E-state index is 11.9. The van der Waals surface area contributed by atoms with Crippen LogP contribution in [-0.4, -0.2) is 23.2 Å². The van der Waals surface area contributed by atoms with Gasteiger partial charge in [-0.1, -0.05) is 54.6 Å². The minimum atomic E-state index is -0.501. The van der Waals surface area contributed by atoms with Gasteiger partial charge in [0.1, 0.15) is 18.0 Å². The van der Waals surface area contributed by atoms with E-state index in [1.54, 1.807) is 0 Å². The highest BCUT2D eigenvalue weighted by Gasteiger charge is 2.15. The Morgan fingerprint density at radius 1 is 0.939 bits per heavy atom. The molecular formula is C28H30N2O3. The highest BCUT2D eigenvalue weighted by molar-refractivity contribution is 5.84. The number of fused-ring (bicyclic) bond motifs is 1. The second-order valence-corrected chi connectivity index (χ2v) is 9.05. The number of ether oxygens (including phenoxy) is 2. The fourth-order valence-corrected chi connectivity index (χ4v) is 3.66. The Balaban J connectivity index is 1.35. The maximum Gasteiger partial charge on any atom is 0.407 e. The molecule has 0 fully saturated rings. The van der Waals surface area contributed by atoms with Crippen molar-refractivity contribution in [1.29, 1.82) is 0 Å². The molecule has 1 aromatic heterocycles. The van der Waals surface area contributed by atoms with E-state index in [1.165, 1.54) is 11.1 Å². The largest absolute Gasteiger partial charge is 0.489 e. The molecule has 0 atom stereocenters. The minimum Gasteiger partial charge on any atom is -0.489 e. The fourth-order valence-electron chi connectivity index (χ4n) is 3.66. The maximum atomic E-state index is 11.9. The highest BCUT2D eigenvalue weighted by Crippen LogP contribution is 2.25. The number of aromatic amines is 1. The second kappa shape index (κ2) is 9.82. The van der Waals surface area contributed by atoms with Crippen molar-refractivity contribution in [2.75, 3.05) is 6.54 Å². The number of carbonyl (C=O) groups excluding carboxylic acids is 1. The third kappa shape index (κ3) is 6.16. The molecule has 3 aromatic carbocycles. The normalized spacial score (nSPS) is 11.4. The number of hydrogen-bond acceptors (Lipinski definition) is 3. The Kier molecular flexibility index (Phi) is 6.68. The molecule has 4 rings (SSSR count). The molecule has 1 heterocycles. The van der Waals surface area contributed by atoms with E-state index in [0.29, 0.717) is 19.6 Å². The average molecular weight is 443 g/mol. The van der Waals surface area contributed by atoms with Gasteiger partial charge in [-0.2, -0.15) is 0 Å². The molecule has 0 saturated carbocycles. The average Bonchev–Trinajstić information content (AvgIpc) is 3.20. The summed E-state index contributed by atoms with van der Waals surface area (Å²) in [6, 6.07) is 24.8. The van der Waals surface area contributed by atoms with E-state index in [4.69, 9.17) is 9.47 Å². The zero-order valence-corrected chi connectivity index (χ0v) is 19.4. The zero-order chi connectivity index (χ0) is 23.3. The van der Waals surface area contributed by atoms with E-state index < -0.39 is 11.7 Å². The molecule has 0 saturated heterocycles. The summed E-state index contributed by atoms with van der Waals surface area (Å²) in [6.45, 7) is 6.56. The molecule has 170 valence electrons. The van der Waals surface area contributed by atoms with Crippen molar-refractivity contribution in [3.8, 4) is 16.9 Å². The quantitative estimate of drug-likeness (QED) is 0.344. The first-order valence-electron chi connectivity index (χ1n) is 11.2. The topological polar surface area (TPSA) is 63.3 Å². The van der Waals surface area contributed by atoms with E-state index >= 15 is 0 Å². The number of aromatic nitrogens is 1. The van der Waals surface area contributed by atoms with Gasteiger partial charge in [0.05, 0.1) is 0 Å². The first kappa shape index (κ1) is 22.5. The first-order chi connectivity index (χ1) is 15.9. The van der Waals surface area contributed by atoms with Crippen molar-refractivity contribution in [2.24, 2.45) is 0 Å². The lowest BCUT2D eigenvalue weighted by Crippen LogP contribution is -2.33. The Morgan fingerprint density at radius 3 is 2.39 bits per heavy atom. The monoisotopic (exact) mass is 442 g/mol. The summed E-state index contributed by atoms with van der Waals surface area (Å²) in [5, 5.41) is 3.91. The number of nitrogens with one attached hydrogen (secondary N) is 2. The number of H-pyrrole nitrogens is 1. The highest BCUT2D eigenvalue weighted by atomic mass is 16.6. The van der Waals surface area contributed by atoms with Gasteiger partial charge in [0.25, 0.3) is 0 Å². The molecule has 2 N–H and O–H groups in total. The van der Waals surface area contributed by atoms with Crippen LogP contribution in [0.2, 0.25) is 0 Å². The molecule has 0 spiro atoms. The van der Waals surface area contributed by atoms with Gasteiger partial charge in [-0.25, -0.2) is 4.79 Å². The molecule has 33 heavy (non-hydrogen) atoms. The van der Waals surface area contributed by atoms with Crippen molar-refractivity contribution < 1.29 is 14.3 Å². The van der Waals surface area contributed by atoms with Crippen molar-refractivity contribution in [3.63, 3.8) is 0 Å². The zero-order valence-electron chi connectivity index (χ0n) is 19.4. The van der Waals surface area contributed by atoms with Crippen LogP contribution < -0.4 is 10.1 Å². The van der Waals surface area contributed by atoms with E-state index in [2.05, 4.69) is 46.7 Å². The van der Waals surface area contributed by atoms with Crippen LogP contribution in [0.3, 0.4) is 0 Å². The summed E-state index contributed by atoms with van der Waals surface area (Å²) in [5.74, 6) is 0.815. The number of benzene rings is 3. The summed E-state index contributed by atoms with van der Waals surface area (Å²) in [5.41, 5.74) is 5.18. The molecule has 0 radical (unpaired) electrons. The van der Waals surface area contributed by atoms with Crippen molar-refractivity contribution in [1.82, 2.24) is 10.3 Å². The smallest absolute Gasteiger partial charge is 0.407 e. The van der Waals surface area contributed by atoms with Crippen molar-refractivity contribution in [2.45, 2.75) is 39.4 Å². The number of rotatable bonds is 7. The molecule has 0 aliphatic heterocycles. The Hall–Kier alpha value is -3.73. The first-order valence-corrected chi connectivity index (χ1v) is 11.2. The van der Waals surface area contributed by atoms with Crippen LogP contribution in [-0.2, 0) is 17.8 Å². The van der Waals surface area contributed by atoms with Crippen LogP contribution in [0.1, 0.15) is 31.9 Å². The lowest BCUT2D eigenvalue weighted by atomic mass is 10.0. The molecular weight excluding hydrogens is 412 g/mol. The third-order valence-electron chi connectivity index (χ3n) is 5.27. The van der Waals surface area contributed by atoms with Gasteiger partial charge in [0.15, 0.2) is 0 Å². The summed E-state index contributed by atoms with van der Waals surface area (Å²) in [6.07, 6.45) is 2.28. The van der Waals surface area contributed by atoms with Crippen LogP contribution >= 0.6 is 0 Å². The SMILES string of the molecule is CC(C)(C)OC(=O)NCCc1c[nH]c2ccc(OCc3ccc(-c4ccccc4)cc3)cc12. The second-order valence-electron chi connectivity index (χ2n) is 9.05. The molecule has 1 amide bonds. The molecule has 0 aliphatic carbocycles. The number of amides is 1. The summed E-state index contributed by atoms with van der Waals surface area (Å²) in [4.78, 5) is 15.2. The van der Waals surface area contributed by atoms with Crippen LogP contribution in [0.4, 0.5) is 4.79 Å². The van der Waals surface area contributed by atoms with Gasteiger partial charge in [0.2, 0.25) is 0 Å². The van der Waals surface area contributed by atoms with Gasteiger partial charge >= 0.3 is 6.09 Å². The molecule has 5 nitrogen and oxygen atoms in total. The molecule has 5 heteroatoms. The van der Waals surface area contributed by atoms with E-state index in [9.17, 15) is 4.79 Å². The standard InChI is InChI=1S/C28H30N2O3/c1-28(2,3)33-27(31)29-16-15-23-18-30-26-14-13-24(17-25(23)26)32-19-20-9-11-22(12-10-20)21-7-5-4-6-8-21/h4-14,17-18,30H,15-16,19H2,1-3H3,(H,29,31). The number of carbonyl (C=O) groups is 1. The van der Waals surface area contributed by atoms with Crippen molar-refractivity contribution in [3.05, 3.63) is 90.1 Å². The predicted octanol–water partition coefficient (Wildman–Crippen LogP) is 6.48. The van der Waals surface area contributed by atoms with Crippen LogP contribution in [0.5, 0.6) is 5.75 Å². The fraction of sp³-hybridized carbons (Fsp3) is 0.250. The predicted molar refractivity (Wildman–Crippen MR) is 132 cm³/mol. The minimum absolute atomic E-state index is 0.398. The van der Waals surface area contributed by atoms with Crippen LogP contribution in [0.15, 0.2) is 79.0 Å². The molecule has 0 aliphatic rings. The van der Waals surface area contributed by atoms with Gasteiger partial charge in [-0.05, 0) is 67.6 Å². The summed E-state index contributed by atoms with van der Waals surface area (Å²) >= 11 is 0. The van der Waals surface area contributed by atoms with Crippen molar-refractivity contribution >= 4 is 17.0 Å². The Labute approximate surface area is 194 Å². The Morgan fingerprint density at radius 2 is 1.67 bits per heavy atom. The van der Waals surface area contributed by atoms with Crippen LogP contribution in [0.25, 0.3) is 22.0 Å². The molecule has 0 unspecified atom stereocenters. The Bertz CT molecular complexity index is 1210. The van der Waals surface area contributed by atoms with E-state index in [-0.39, 0.29) is 0 Å². The third-order valence-corrected chi connectivity index (χ3v) is 5.27. The van der Waals surface area contributed by atoms with E-state index in [1.807, 2.05) is 63.4 Å². The lowest BCUT2D eigenvalue weighted by Gasteiger charge is -2.19. The summed E-state index contributed by atoms with van der Waals surface area (Å²) in [7, 11) is 0. The van der Waals surface area contributed by atoms with Gasteiger partial charge in [-0.15, -0.1) is 0 Å². The number of alkyl carbamates (subject to hydrolysis) is 1.